The highest BCUT2D eigenvalue weighted by Gasteiger charge is 2.21. The summed E-state index contributed by atoms with van der Waals surface area (Å²) < 4.78 is 6.05. The lowest BCUT2D eigenvalue weighted by atomic mass is 9.80. The molecule has 0 bridgehead atoms. The predicted molar refractivity (Wildman–Crippen MR) is 138 cm³/mol. The maximum absolute atomic E-state index is 6.05. The fourth-order valence-electron chi connectivity index (χ4n) is 4.01. The van der Waals surface area contributed by atoms with E-state index in [0.717, 1.165) is 5.75 Å². The zero-order chi connectivity index (χ0) is 23.7. The van der Waals surface area contributed by atoms with Gasteiger partial charge >= 0.3 is 0 Å². The second kappa shape index (κ2) is 8.77. The van der Waals surface area contributed by atoms with Gasteiger partial charge in [0.25, 0.3) is 0 Å². The van der Waals surface area contributed by atoms with Crippen LogP contribution in [0.25, 0.3) is 0 Å². The Kier molecular flexibility index (Phi) is 6.61. The van der Waals surface area contributed by atoms with E-state index in [-0.39, 0.29) is 22.3 Å². The van der Waals surface area contributed by atoms with Gasteiger partial charge in [0.2, 0.25) is 0 Å². The minimum atomic E-state index is -0.202. The lowest BCUT2D eigenvalue weighted by Gasteiger charge is -2.25. The molecule has 170 valence electrons. The van der Waals surface area contributed by atoms with E-state index in [0.29, 0.717) is 0 Å². The van der Waals surface area contributed by atoms with Crippen LogP contribution in [-0.4, -0.2) is 5.60 Å². The highest BCUT2D eigenvalue weighted by atomic mass is 16.5. The van der Waals surface area contributed by atoms with Crippen molar-refractivity contribution in [2.24, 2.45) is 0 Å². The summed E-state index contributed by atoms with van der Waals surface area (Å²) >= 11 is 0. The quantitative estimate of drug-likeness (QED) is 0.378. The van der Waals surface area contributed by atoms with Crippen molar-refractivity contribution in [3.63, 3.8) is 0 Å². The van der Waals surface area contributed by atoms with Gasteiger partial charge in [-0.15, -0.1) is 0 Å². The summed E-state index contributed by atoms with van der Waals surface area (Å²) in [5.74, 6) is 1.09. The molecule has 1 heteroatoms. The van der Waals surface area contributed by atoms with Gasteiger partial charge in [-0.25, -0.2) is 0 Å². The molecule has 0 amide bonds. The van der Waals surface area contributed by atoms with Gasteiger partial charge in [0.05, 0.1) is 0 Å². The average molecular weight is 429 g/mol. The molecule has 0 radical (unpaired) electrons. The molecule has 0 saturated carbocycles. The first kappa shape index (κ1) is 24.1. The lowest BCUT2D eigenvalue weighted by molar-refractivity contribution is 0.131. The van der Waals surface area contributed by atoms with Crippen molar-refractivity contribution in [2.75, 3.05) is 0 Å². The molecule has 0 aliphatic rings. The molecule has 3 aromatic carbocycles. The molecular weight excluding hydrogens is 388 g/mol. The monoisotopic (exact) mass is 428 g/mol. The first-order valence-electron chi connectivity index (χ1n) is 11.7. The Balaban J connectivity index is 2.03. The smallest absolute Gasteiger partial charge is 0.120 e. The lowest BCUT2D eigenvalue weighted by Crippen LogP contribution is -2.22. The predicted octanol–water partition coefficient (Wildman–Crippen LogP) is 8.64. The van der Waals surface area contributed by atoms with Crippen LogP contribution >= 0.6 is 0 Å². The van der Waals surface area contributed by atoms with Crippen LogP contribution in [0.15, 0.2) is 72.8 Å². The SMILES string of the molecule is CC(C)(C)Oc1ccc(C(c2ccc(C(C)(C)C)cc2)c2ccc(C(C)(C)C)cc2)cc1. The van der Waals surface area contributed by atoms with Crippen molar-refractivity contribution in [3.05, 3.63) is 101 Å². The van der Waals surface area contributed by atoms with E-state index in [9.17, 15) is 0 Å². The summed E-state index contributed by atoms with van der Waals surface area (Å²) in [7, 11) is 0. The molecule has 3 rings (SSSR count). The van der Waals surface area contributed by atoms with Gasteiger partial charge in [0.15, 0.2) is 0 Å². The molecule has 0 atom stereocenters. The largest absolute Gasteiger partial charge is 0.488 e. The molecular formula is C31H40O. The van der Waals surface area contributed by atoms with E-state index in [1.165, 1.54) is 27.8 Å². The zero-order valence-electron chi connectivity index (χ0n) is 21.4. The fourth-order valence-corrected chi connectivity index (χ4v) is 4.01. The minimum absolute atomic E-state index is 0.147. The van der Waals surface area contributed by atoms with Gasteiger partial charge in [-0.2, -0.15) is 0 Å². The number of rotatable bonds is 4. The molecule has 32 heavy (non-hydrogen) atoms. The van der Waals surface area contributed by atoms with Crippen LogP contribution in [-0.2, 0) is 10.8 Å². The van der Waals surface area contributed by atoms with Crippen LogP contribution in [0.4, 0.5) is 0 Å². The third kappa shape index (κ3) is 6.03. The Bertz CT molecular complexity index is 945. The summed E-state index contributed by atoms with van der Waals surface area (Å²) in [5.41, 5.74) is 6.71. The second-order valence-corrected chi connectivity index (χ2v) is 12.0. The van der Waals surface area contributed by atoms with Crippen molar-refractivity contribution in [2.45, 2.75) is 84.7 Å². The molecule has 1 nitrogen and oxygen atoms in total. The summed E-state index contributed by atoms with van der Waals surface area (Å²) in [6.45, 7) is 19.8. The van der Waals surface area contributed by atoms with E-state index >= 15 is 0 Å². The summed E-state index contributed by atoms with van der Waals surface area (Å²) in [6, 6.07) is 26.9. The molecule has 0 aliphatic carbocycles. The third-order valence-corrected chi connectivity index (χ3v) is 5.86. The van der Waals surface area contributed by atoms with E-state index in [1.54, 1.807) is 0 Å². The van der Waals surface area contributed by atoms with Gasteiger partial charge < -0.3 is 4.74 Å². The zero-order valence-corrected chi connectivity index (χ0v) is 21.4. The molecule has 0 spiro atoms. The normalized spacial score (nSPS) is 12.8. The van der Waals surface area contributed by atoms with Gasteiger partial charge in [-0.05, 0) is 71.6 Å². The third-order valence-electron chi connectivity index (χ3n) is 5.86. The van der Waals surface area contributed by atoms with Gasteiger partial charge in [-0.3, -0.25) is 0 Å². The van der Waals surface area contributed by atoms with Gasteiger partial charge in [0.1, 0.15) is 11.4 Å². The Morgan fingerprint density at radius 1 is 0.469 bits per heavy atom. The number of hydrogen-bond donors (Lipinski definition) is 0. The molecule has 0 N–H and O–H groups in total. The minimum Gasteiger partial charge on any atom is -0.488 e. The van der Waals surface area contributed by atoms with Crippen molar-refractivity contribution in [3.8, 4) is 5.75 Å². The van der Waals surface area contributed by atoms with Gasteiger partial charge in [-0.1, -0.05) is 102 Å². The Morgan fingerprint density at radius 3 is 1.06 bits per heavy atom. The molecule has 0 aliphatic heterocycles. The van der Waals surface area contributed by atoms with E-state index in [2.05, 4.69) is 135 Å². The topological polar surface area (TPSA) is 9.23 Å². The molecule has 0 unspecified atom stereocenters. The molecule has 0 heterocycles. The highest BCUT2D eigenvalue weighted by molar-refractivity contribution is 5.46. The van der Waals surface area contributed by atoms with Crippen molar-refractivity contribution in [1.82, 2.24) is 0 Å². The van der Waals surface area contributed by atoms with Crippen molar-refractivity contribution in [1.29, 1.82) is 0 Å². The Hall–Kier alpha value is -2.54. The number of ether oxygens (including phenoxy) is 1. The van der Waals surface area contributed by atoms with Crippen LogP contribution in [0.1, 0.15) is 96.0 Å². The Labute approximate surface area is 195 Å². The van der Waals surface area contributed by atoms with Crippen molar-refractivity contribution >= 4 is 0 Å². The Morgan fingerprint density at radius 2 is 0.781 bits per heavy atom. The fraction of sp³-hybridized carbons (Fsp3) is 0.419. The van der Waals surface area contributed by atoms with Crippen LogP contribution in [0.2, 0.25) is 0 Å². The first-order valence-corrected chi connectivity index (χ1v) is 11.7. The van der Waals surface area contributed by atoms with Crippen LogP contribution in [0, 0.1) is 0 Å². The molecule has 3 aromatic rings. The first-order chi connectivity index (χ1) is 14.7. The number of hydrogen-bond acceptors (Lipinski definition) is 1. The van der Waals surface area contributed by atoms with Gasteiger partial charge in [0, 0.05) is 5.92 Å². The van der Waals surface area contributed by atoms with Crippen LogP contribution in [0.5, 0.6) is 5.75 Å². The maximum Gasteiger partial charge on any atom is 0.120 e. The standard InChI is InChI=1S/C31H40O/c1-29(2,3)25-16-10-22(11-17-25)28(23-12-18-26(19-13-23)30(4,5)6)24-14-20-27(21-15-24)32-31(7,8)9/h10-21,28H,1-9H3. The van der Waals surface area contributed by atoms with Crippen molar-refractivity contribution < 1.29 is 4.74 Å². The van der Waals surface area contributed by atoms with Crippen LogP contribution in [0.3, 0.4) is 0 Å². The average Bonchev–Trinajstić information content (AvgIpc) is 2.68. The summed E-state index contributed by atoms with van der Waals surface area (Å²) in [6.07, 6.45) is 0. The van der Waals surface area contributed by atoms with E-state index < -0.39 is 0 Å². The van der Waals surface area contributed by atoms with E-state index in [4.69, 9.17) is 4.74 Å². The molecule has 0 saturated heterocycles. The van der Waals surface area contributed by atoms with E-state index in [1.807, 2.05) is 0 Å². The van der Waals surface area contributed by atoms with Crippen LogP contribution < -0.4 is 4.74 Å². The second-order valence-electron chi connectivity index (χ2n) is 12.0. The maximum atomic E-state index is 6.05. The summed E-state index contributed by atoms with van der Waals surface area (Å²) in [4.78, 5) is 0. The highest BCUT2D eigenvalue weighted by Crippen LogP contribution is 2.35. The molecule has 0 fully saturated rings. The molecule has 0 aromatic heterocycles. The summed E-state index contributed by atoms with van der Waals surface area (Å²) in [5, 5.41) is 0. The number of benzene rings is 3.